The van der Waals surface area contributed by atoms with Gasteiger partial charge in [0.25, 0.3) is 0 Å². The molecule has 0 radical (unpaired) electrons. The number of nitrogens with one attached hydrogen (secondary N) is 2. The molecule has 4 N–H and O–H groups in total. The number of halogens is 2. The van der Waals surface area contributed by atoms with Crippen molar-refractivity contribution in [3.63, 3.8) is 0 Å². The molecule has 0 saturated heterocycles. The number of carbonyl (C=O) groups is 3. The number of benzene rings is 2. The maximum atomic E-state index is 13.0. The van der Waals surface area contributed by atoms with Gasteiger partial charge in [-0.15, -0.1) is 0 Å². The molecule has 1 aliphatic heterocycles. The Balaban J connectivity index is 1.81. The van der Waals surface area contributed by atoms with Gasteiger partial charge in [-0.3, -0.25) is 10.1 Å². The molecule has 0 bridgehead atoms. The second-order valence-corrected chi connectivity index (χ2v) is 9.05. The summed E-state index contributed by atoms with van der Waals surface area (Å²) in [4.78, 5) is 37.8. The van der Waals surface area contributed by atoms with E-state index in [2.05, 4.69) is 26.6 Å². The van der Waals surface area contributed by atoms with E-state index in [4.69, 9.17) is 22.1 Å². The van der Waals surface area contributed by atoms with E-state index < -0.39 is 29.1 Å². The molecule has 10 heteroatoms. The zero-order valence-corrected chi connectivity index (χ0v) is 19.5. The van der Waals surface area contributed by atoms with Gasteiger partial charge in [-0.1, -0.05) is 51.4 Å². The lowest BCUT2D eigenvalue weighted by Crippen LogP contribution is -2.41. The first-order valence-electron chi connectivity index (χ1n) is 9.26. The average Bonchev–Trinajstić information content (AvgIpc) is 3.08. The molecule has 7 nitrogen and oxygen atoms in total. The maximum absolute atomic E-state index is 13.0. The van der Waals surface area contributed by atoms with Gasteiger partial charge in [-0.2, -0.15) is 0 Å². The van der Waals surface area contributed by atoms with E-state index in [1.807, 2.05) is 0 Å². The van der Waals surface area contributed by atoms with E-state index in [1.165, 1.54) is 0 Å². The molecule has 162 valence electrons. The van der Waals surface area contributed by atoms with Crippen molar-refractivity contribution in [3.8, 4) is 0 Å². The van der Waals surface area contributed by atoms with Crippen LogP contribution < -0.4 is 16.4 Å². The Morgan fingerprint density at radius 1 is 1.13 bits per heavy atom. The number of rotatable bonds is 5. The summed E-state index contributed by atoms with van der Waals surface area (Å²) in [5.74, 6) is -1.87. The highest BCUT2D eigenvalue weighted by Crippen LogP contribution is 2.46. The molecule has 2 atom stereocenters. The SMILES string of the molecule is CCOC(=O)C1=C(N)SC(C(=O)NC(=O)Nc2ccc(Br)cc2)C1c1ccc(Cl)cc1. The van der Waals surface area contributed by atoms with Gasteiger partial charge in [0.05, 0.1) is 17.2 Å². The van der Waals surface area contributed by atoms with Crippen LogP contribution in [0.1, 0.15) is 18.4 Å². The van der Waals surface area contributed by atoms with Gasteiger partial charge in [0.2, 0.25) is 5.91 Å². The van der Waals surface area contributed by atoms with Crippen LogP contribution in [0.4, 0.5) is 10.5 Å². The molecule has 1 heterocycles. The molecular weight excluding hydrogens is 506 g/mol. The van der Waals surface area contributed by atoms with Crippen molar-refractivity contribution in [2.75, 3.05) is 11.9 Å². The molecule has 0 saturated carbocycles. The first kappa shape index (κ1) is 23.2. The fraction of sp³-hybridized carbons (Fsp3) is 0.190. The average molecular weight is 525 g/mol. The van der Waals surface area contributed by atoms with E-state index in [0.717, 1.165) is 16.2 Å². The largest absolute Gasteiger partial charge is 0.463 e. The predicted octanol–water partition coefficient (Wildman–Crippen LogP) is 4.38. The minimum atomic E-state index is -0.837. The van der Waals surface area contributed by atoms with Crippen molar-refractivity contribution >= 4 is 62.9 Å². The topological polar surface area (TPSA) is 111 Å². The predicted molar refractivity (Wildman–Crippen MR) is 125 cm³/mol. The van der Waals surface area contributed by atoms with E-state index in [0.29, 0.717) is 16.3 Å². The monoisotopic (exact) mass is 523 g/mol. The van der Waals surface area contributed by atoms with Crippen molar-refractivity contribution in [3.05, 3.63) is 74.2 Å². The van der Waals surface area contributed by atoms with Crippen LogP contribution in [-0.4, -0.2) is 29.8 Å². The lowest BCUT2D eigenvalue weighted by atomic mass is 9.88. The quantitative estimate of drug-likeness (QED) is 0.501. The van der Waals surface area contributed by atoms with E-state index in [9.17, 15) is 14.4 Å². The van der Waals surface area contributed by atoms with Crippen molar-refractivity contribution in [2.45, 2.75) is 18.1 Å². The van der Waals surface area contributed by atoms with Crippen molar-refractivity contribution in [1.82, 2.24) is 5.32 Å². The molecule has 31 heavy (non-hydrogen) atoms. The Hall–Kier alpha value is -2.49. The highest BCUT2D eigenvalue weighted by atomic mass is 79.9. The van der Waals surface area contributed by atoms with Crippen LogP contribution in [0.25, 0.3) is 0 Å². The standard InChI is InChI=1S/C21H19BrClN3O4S/c1-2-30-20(28)16-15(11-3-7-13(23)8-4-11)17(31-18(16)24)19(27)26-21(29)25-14-9-5-12(22)6-10-14/h3-10,15,17H,2,24H2,1H3,(H2,25,26,27,29). The summed E-state index contributed by atoms with van der Waals surface area (Å²) in [5.41, 5.74) is 7.47. The number of ether oxygens (including phenoxy) is 1. The molecule has 0 aliphatic carbocycles. The Morgan fingerprint density at radius 2 is 1.77 bits per heavy atom. The Labute approximate surface area is 196 Å². The van der Waals surface area contributed by atoms with Crippen molar-refractivity contribution in [2.24, 2.45) is 5.73 Å². The molecule has 0 fully saturated rings. The highest BCUT2D eigenvalue weighted by Gasteiger charge is 2.44. The number of anilines is 1. The Kier molecular flexibility index (Phi) is 7.64. The number of hydrogen-bond donors (Lipinski definition) is 3. The zero-order valence-electron chi connectivity index (χ0n) is 16.4. The van der Waals surface area contributed by atoms with Gasteiger partial charge < -0.3 is 15.8 Å². The van der Waals surface area contributed by atoms with Crippen LogP contribution in [0.3, 0.4) is 0 Å². The number of imide groups is 1. The maximum Gasteiger partial charge on any atom is 0.337 e. The number of urea groups is 1. The van der Waals surface area contributed by atoms with Gasteiger partial charge in [0.15, 0.2) is 0 Å². The second kappa shape index (κ2) is 10.2. The van der Waals surface area contributed by atoms with Gasteiger partial charge in [0.1, 0.15) is 5.25 Å². The summed E-state index contributed by atoms with van der Waals surface area (Å²) in [6, 6.07) is 13.0. The third-order valence-corrected chi connectivity index (χ3v) is 6.45. The van der Waals surface area contributed by atoms with Crippen LogP contribution in [0.2, 0.25) is 5.02 Å². The fourth-order valence-electron chi connectivity index (χ4n) is 3.10. The molecule has 3 amide bonds. The molecule has 2 aromatic rings. The van der Waals surface area contributed by atoms with Crippen LogP contribution in [0.5, 0.6) is 0 Å². The summed E-state index contributed by atoms with van der Waals surface area (Å²) in [6.07, 6.45) is 0. The number of thioether (sulfide) groups is 1. The van der Waals surface area contributed by atoms with E-state index in [-0.39, 0.29) is 17.2 Å². The molecule has 2 aromatic carbocycles. The normalized spacial score (nSPS) is 17.9. The number of esters is 1. The molecule has 2 unspecified atom stereocenters. The third kappa shape index (κ3) is 5.61. The lowest BCUT2D eigenvalue weighted by Gasteiger charge is -2.21. The molecule has 0 spiro atoms. The lowest BCUT2D eigenvalue weighted by molar-refractivity contribution is -0.138. The van der Waals surface area contributed by atoms with E-state index >= 15 is 0 Å². The van der Waals surface area contributed by atoms with Gasteiger partial charge in [-0.05, 0) is 48.9 Å². The molecule has 0 aromatic heterocycles. The summed E-state index contributed by atoms with van der Waals surface area (Å²) < 4.78 is 6.00. The molecular formula is C21H19BrClN3O4S. The van der Waals surface area contributed by atoms with Gasteiger partial charge in [0, 0.05) is 21.1 Å². The summed E-state index contributed by atoms with van der Waals surface area (Å²) >= 11 is 10.3. The third-order valence-electron chi connectivity index (χ3n) is 4.45. The van der Waals surface area contributed by atoms with Crippen LogP contribution in [-0.2, 0) is 14.3 Å². The van der Waals surface area contributed by atoms with E-state index in [1.54, 1.807) is 55.5 Å². The van der Waals surface area contributed by atoms with Crippen LogP contribution >= 0.6 is 39.3 Å². The number of nitrogens with two attached hydrogens (primary N) is 1. The molecule has 3 rings (SSSR count). The number of amides is 3. The van der Waals surface area contributed by atoms with Gasteiger partial charge >= 0.3 is 12.0 Å². The molecule has 1 aliphatic rings. The second-order valence-electron chi connectivity index (χ2n) is 6.52. The summed E-state index contributed by atoms with van der Waals surface area (Å²) in [7, 11) is 0. The van der Waals surface area contributed by atoms with Crippen molar-refractivity contribution < 1.29 is 19.1 Å². The first-order valence-corrected chi connectivity index (χ1v) is 11.3. The summed E-state index contributed by atoms with van der Waals surface area (Å²) in [5, 5.41) is 4.79. The smallest absolute Gasteiger partial charge is 0.337 e. The zero-order chi connectivity index (χ0) is 22.5. The fourth-order valence-corrected chi connectivity index (χ4v) is 4.70. The number of hydrogen-bond acceptors (Lipinski definition) is 6. The Bertz CT molecular complexity index is 1030. The Morgan fingerprint density at radius 3 is 2.39 bits per heavy atom. The first-order chi connectivity index (χ1) is 14.8. The number of carbonyl (C=O) groups excluding carboxylic acids is 3. The van der Waals surface area contributed by atoms with Crippen LogP contribution in [0, 0.1) is 0 Å². The summed E-state index contributed by atoms with van der Waals surface area (Å²) in [6.45, 7) is 1.85. The van der Waals surface area contributed by atoms with Crippen molar-refractivity contribution in [1.29, 1.82) is 0 Å². The minimum absolute atomic E-state index is 0.167. The minimum Gasteiger partial charge on any atom is -0.463 e. The van der Waals surface area contributed by atoms with Gasteiger partial charge in [-0.25, -0.2) is 9.59 Å². The highest BCUT2D eigenvalue weighted by molar-refractivity contribution is 9.10. The van der Waals surface area contributed by atoms with Crippen LogP contribution in [0.15, 0.2) is 63.6 Å².